The highest BCUT2D eigenvalue weighted by Gasteiger charge is 2.49. The molecule has 1 aliphatic carbocycles. The summed E-state index contributed by atoms with van der Waals surface area (Å²) in [4.78, 5) is 31.7. The minimum atomic E-state index is -0.607. The molecule has 1 saturated carbocycles. The van der Waals surface area contributed by atoms with Crippen LogP contribution >= 0.6 is 0 Å². The third-order valence-electron chi connectivity index (χ3n) is 6.00. The van der Waals surface area contributed by atoms with Gasteiger partial charge in [0.05, 0.1) is 11.6 Å². The Morgan fingerprint density at radius 3 is 2.36 bits per heavy atom. The van der Waals surface area contributed by atoms with E-state index in [4.69, 9.17) is 0 Å². The average molecular weight is 376 g/mol. The van der Waals surface area contributed by atoms with Crippen molar-refractivity contribution in [2.75, 3.05) is 0 Å². The van der Waals surface area contributed by atoms with Crippen molar-refractivity contribution in [3.63, 3.8) is 0 Å². The van der Waals surface area contributed by atoms with Gasteiger partial charge in [0.1, 0.15) is 5.76 Å². The first-order valence-electron chi connectivity index (χ1n) is 9.76. The van der Waals surface area contributed by atoms with Crippen LogP contribution in [0, 0.1) is 13.8 Å². The van der Waals surface area contributed by atoms with Gasteiger partial charge in [-0.25, -0.2) is 0 Å². The Bertz CT molecular complexity index is 959. The van der Waals surface area contributed by atoms with Crippen LogP contribution < -0.4 is 0 Å². The van der Waals surface area contributed by atoms with Crippen LogP contribution in [0.2, 0.25) is 0 Å². The summed E-state index contributed by atoms with van der Waals surface area (Å²) in [6.45, 7) is 3.96. The van der Waals surface area contributed by atoms with Crippen molar-refractivity contribution >= 4 is 17.4 Å². The molecule has 1 amide bonds. The quantitative estimate of drug-likeness (QED) is 0.498. The number of hydrogen-bond acceptors (Lipinski definition) is 4. The molecule has 1 saturated heterocycles. The highest BCUT2D eigenvalue weighted by atomic mass is 16.3. The Hall–Kier alpha value is -2.95. The molecule has 2 aromatic rings. The summed E-state index contributed by atoms with van der Waals surface area (Å²) < 4.78 is 0. The van der Waals surface area contributed by atoms with Crippen molar-refractivity contribution < 1.29 is 14.7 Å². The van der Waals surface area contributed by atoms with E-state index in [-0.39, 0.29) is 17.4 Å². The standard InChI is InChI=1S/C23H24N2O3/c1-14-7-8-17(13-15(14)2)21(26)19-20(16-9-11-24-12-10-16)25(23(28)22(19)27)18-5-3-4-6-18/h7-13,18,20,26H,3-6H2,1-2H3/b21-19-. The van der Waals surface area contributed by atoms with Gasteiger partial charge in [0, 0.05) is 24.0 Å². The number of pyridine rings is 1. The number of carbonyl (C=O) groups excluding carboxylic acids is 2. The summed E-state index contributed by atoms with van der Waals surface area (Å²) in [7, 11) is 0. The maximum absolute atomic E-state index is 13.0. The van der Waals surface area contributed by atoms with Gasteiger partial charge in [0.2, 0.25) is 0 Å². The SMILES string of the molecule is Cc1ccc(/C(O)=C2/C(=O)C(=O)N(C3CCCC3)C2c2ccncc2)cc1C. The van der Waals surface area contributed by atoms with Gasteiger partial charge in [-0.1, -0.05) is 25.0 Å². The zero-order chi connectivity index (χ0) is 19.8. The minimum Gasteiger partial charge on any atom is -0.507 e. The number of rotatable bonds is 3. The van der Waals surface area contributed by atoms with Crippen molar-refractivity contribution in [2.45, 2.75) is 51.6 Å². The van der Waals surface area contributed by atoms with Gasteiger partial charge in [0.25, 0.3) is 11.7 Å². The molecule has 5 heteroatoms. The predicted octanol–water partition coefficient (Wildman–Crippen LogP) is 4.06. The number of nitrogens with zero attached hydrogens (tertiary/aromatic N) is 2. The van der Waals surface area contributed by atoms with E-state index in [9.17, 15) is 14.7 Å². The summed E-state index contributed by atoms with van der Waals surface area (Å²) in [6.07, 6.45) is 7.18. The molecular weight excluding hydrogens is 352 g/mol. The number of benzene rings is 1. The first-order valence-corrected chi connectivity index (χ1v) is 9.76. The Balaban J connectivity index is 1.89. The monoisotopic (exact) mass is 376 g/mol. The van der Waals surface area contributed by atoms with Crippen molar-refractivity contribution in [2.24, 2.45) is 0 Å². The maximum Gasteiger partial charge on any atom is 0.295 e. The number of carbonyl (C=O) groups is 2. The van der Waals surface area contributed by atoms with Crippen molar-refractivity contribution in [3.8, 4) is 0 Å². The molecule has 144 valence electrons. The van der Waals surface area contributed by atoms with Crippen LogP contribution in [0.4, 0.5) is 0 Å². The highest BCUT2D eigenvalue weighted by Crippen LogP contribution is 2.43. The number of Topliss-reactive ketones (excluding diaryl/α,β-unsaturated/α-hetero) is 1. The summed E-state index contributed by atoms with van der Waals surface area (Å²) in [5.41, 5.74) is 3.66. The zero-order valence-corrected chi connectivity index (χ0v) is 16.2. The van der Waals surface area contributed by atoms with Crippen LogP contribution in [-0.2, 0) is 9.59 Å². The normalized spacial score (nSPS) is 22.2. The smallest absolute Gasteiger partial charge is 0.295 e. The molecule has 2 heterocycles. The van der Waals surface area contributed by atoms with Gasteiger partial charge < -0.3 is 10.0 Å². The maximum atomic E-state index is 13.0. The molecule has 0 radical (unpaired) electrons. The number of aryl methyl sites for hydroxylation is 2. The van der Waals surface area contributed by atoms with E-state index in [1.165, 1.54) is 0 Å². The molecular formula is C23H24N2O3. The first kappa shape index (κ1) is 18.4. The fourth-order valence-electron chi connectivity index (χ4n) is 4.33. The molecule has 4 rings (SSSR count). The average Bonchev–Trinajstić information content (AvgIpc) is 3.31. The van der Waals surface area contributed by atoms with Gasteiger partial charge in [-0.05, 0) is 61.6 Å². The number of ketones is 1. The highest BCUT2D eigenvalue weighted by molar-refractivity contribution is 6.46. The van der Waals surface area contributed by atoms with Gasteiger partial charge in [0.15, 0.2) is 0 Å². The van der Waals surface area contributed by atoms with E-state index in [1.54, 1.807) is 23.4 Å². The lowest BCUT2D eigenvalue weighted by molar-refractivity contribution is -0.141. The van der Waals surface area contributed by atoms with Gasteiger partial charge in [-0.3, -0.25) is 14.6 Å². The second-order valence-electron chi connectivity index (χ2n) is 7.72. The summed E-state index contributed by atoms with van der Waals surface area (Å²) in [5, 5.41) is 11.1. The molecule has 28 heavy (non-hydrogen) atoms. The second-order valence-corrected chi connectivity index (χ2v) is 7.72. The third-order valence-corrected chi connectivity index (χ3v) is 6.00. The van der Waals surface area contributed by atoms with Gasteiger partial charge >= 0.3 is 0 Å². The molecule has 1 aliphatic heterocycles. The second kappa shape index (κ2) is 7.23. The Morgan fingerprint density at radius 2 is 1.71 bits per heavy atom. The third kappa shape index (κ3) is 3.01. The number of aliphatic hydroxyl groups excluding tert-OH is 1. The molecule has 1 N–H and O–H groups in total. The van der Waals surface area contributed by atoms with Crippen molar-refractivity contribution in [1.29, 1.82) is 0 Å². The number of amides is 1. The zero-order valence-electron chi connectivity index (χ0n) is 16.2. The van der Waals surface area contributed by atoms with Crippen LogP contribution in [0.25, 0.3) is 5.76 Å². The minimum absolute atomic E-state index is 0.0275. The van der Waals surface area contributed by atoms with E-state index in [1.807, 2.05) is 38.1 Å². The van der Waals surface area contributed by atoms with Crippen molar-refractivity contribution in [3.05, 3.63) is 70.6 Å². The molecule has 0 spiro atoms. The summed E-state index contributed by atoms with van der Waals surface area (Å²) in [5.74, 6) is -1.23. The van der Waals surface area contributed by atoms with Crippen LogP contribution in [0.15, 0.2) is 48.3 Å². The predicted molar refractivity (Wildman–Crippen MR) is 107 cm³/mol. The molecule has 0 bridgehead atoms. The summed E-state index contributed by atoms with van der Waals surface area (Å²) >= 11 is 0. The van der Waals surface area contributed by atoms with Crippen LogP contribution in [-0.4, -0.2) is 32.7 Å². The molecule has 2 aliphatic rings. The first-order chi connectivity index (χ1) is 13.5. The Morgan fingerprint density at radius 1 is 1.04 bits per heavy atom. The van der Waals surface area contributed by atoms with E-state index in [0.29, 0.717) is 5.56 Å². The number of likely N-dealkylation sites (tertiary alicyclic amines) is 1. The number of aliphatic hydroxyl groups is 1. The fraction of sp³-hybridized carbons (Fsp3) is 0.348. The van der Waals surface area contributed by atoms with E-state index in [2.05, 4.69) is 4.98 Å². The number of aromatic nitrogens is 1. The van der Waals surface area contributed by atoms with E-state index >= 15 is 0 Å². The summed E-state index contributed by atoms with van der Waals surface area (Å²) in [6, 6.07) is 8.64. The Labute approximate surface area is 164 Å². The fourth-order valence-corrected chi connectivity index (χ4v) is 4.33. The van der Waals surface area contributed by atoms with Crippen LogP contribution in [0.3, 0.4) is 0 Å². The largest absolute Gasteiger partial charge is 0.507 e. The molecule has 2 fully saturated rings. The lowest BCUT2D eigenvalue weighted by Gasteiger charge is -2.30. The Kier molecular flexibility index (Phi) is 4.75. The van der Waals surface area contributed by atoms with Crippen LogP contribution in [0.5, 0.6) is 0 Å². The topological polar surface area (TPSA) is 70.5 Å². The lowest BCUT2D eigenvalue weighted by Crippen LogP contribution is -2.37. The van der Waals surface area contributed by atoms with Gasteiger partial charge in [-0.15, -0.1) is 0 Å². The van der Waals surface area contributed by atoms with Crippen molar-refractivity contribution in [1.82, 2.24) is 9.88 Å². The number of hydrogen-bond donors (Lipinski definition) is 1. The molecule has 1 aromatic carbocycles. The van der Waals surface area contributed by atoms with E-state index in [0.717, 1.165) is 42.4 Å². The molecule has 1 atom stereocenters. The molecule has 1 aromatic heterocycles. The van der Waals surface area contributed by atoms with Gasteiger partial charge in [-0.2, -0.15) is 0 Å². The molecule has 1 unspecified atom stereocenters. The van der Waals surface area contributed by atoms with Crippen LogP contribution in [0.1, 0.15) is 54.0 Å². The lowest BCUT2D eigenvalue weighted by atomic mass is 9.94. The molecule has 5 nitrogen and oxygen atoms in total. The van der Waals surface area contributed by atoms with E-state index < -0.39 is 17.7 Å².